The number of carbonyl (C=O) groups is 1. The summed E-state index contributed by atoms with van der Waals surface area (Å²) in [5, 5.41) is 6.32. The lowest BCUT2D eigenvalue weighted by atomic mass is 10.1. The second kappa shape index (κ2) is 6.01. The summed E-state index contributed by atoms with van der Waals surface area (Å²) in [7, 11) is 0. The highest BCUT2D eigenvalue weighted by Gasteiger charge is 2.39. The number of amides is 1. The highest BCUT2D eigenvalue weighted by molar-refractivity contribution is 5.81. The van der Waals surface area contributed by atoms with E-state index in [4.69, 9.17) is 0 Å². The molecule has 0 spiro atoms. The molecule has 98 valence electrons. The first kappa shape index (κ1) is 13.1. The summed E-state index contributed by atoms with van der Waals surface area (Å²) in [6.07, 6.45) is 2.12. The van der Waals surface area contributed by atoms with Crippen LogP contribution in [-0.4, -0.2) is 24.5 Å². The fourth-order valence-corrected chi connectivity index (χ4v) is 2.25. The third-order valence-electron chi connectivity index (χ3n) is 3.42. The Balaban J connectivity index is 1.77. The molecule has 0 bridgehead atoms. The molecule has 1 fully saturated rings. The monoisotopic (exact) mass is 246 g/mol. The maximum absolute atomic E-state index is 11.7. The predicted octanol–water partition coefficient (Wildman–Crippen LogP) is 2.05. The molecular formula is C15H22N2O. The van der Waals surface area contributed by atoms with Crippen LogP contribution in [0.4, 0.5) is 0 Å². The summed E-state index contributed by atoms with van der Waals surface area (Å²) < 4.78 is 0. The molecule has 1 aromatic carbocycles. The molecule has 0 aromatic heterocycles. The summed E-state index contributed by atoms with van der Waals surface area (Å²) in [5.74, 6) is 0.684. The summed E-state index contributed by atoms with van der Waals surface area (Å²) in [5.41, 5.74) is 1.37. The van der Waals surface area contributed by atoms with Crippen molar-refractivity contribution in [2.75, 3.05) is 6.54 Å². The van der Waals surface area contributed by atoms with Gasteiger partial charge in [-0.3, -0.25) is 4.79 Å². The predicted molar refractivity (Wildman–Crippen MR) is 73.5 cm³/mol. The minimum absolute atomic E-state index is 0.102. The topological polar surface area (TPSA) is 41.1 Å². The Morgan fingerprint density at radius 3 is 2.78 bits per heavy atom. The number of nitrogens with one attached hydrogen (secondary N) is 2. The van der Waals surface area contributed by atoms with E-state index in [1.165, 1.54) is 5.56 Å². The van der Waals surface area contributed by atoms with Gasteiger partial charge in [0.2, 0.25) is 5.91 Å². The smallest absolute Gasteiger partial charge is 0.236 e. The second-order valence-electron chi connectivity index (χ2n) is 5.04. The standard InChI is InChI=1S/C15H22N2O/c1-3-9-16-15(18)11(2)17-14-10-13(14)12-7-5-4-6-8-12/h4-8,11,13-14,17H,3,9-10H2,1-2H3,(H,16,18). The number of rotatable bonds is 6. The van der Waals surface area contributed by atoms with E-state index in [2.05, 4.69) is 41.8 Å². The Hall–Kier alpha value is -1.35. The molecule has 0 aliphatic heterocycles. The van der Waals surface area contributed by atoms with Crippen LogP contribution in [0.3, 0.4) is 0 Å². The molecule has 18 heavy (non-hydrogen) atoms. The van der Waals surface area contributed by atoms with Crippen LogP contribution in [0.5, 0.6) is 0 Å². The molecule has 2 N–H and O–H groups in total. The highest BCUT2D eigenvalue weighted by atomic mass is 16.2. The van der Waals surface area contributed by atoms with Crippen molar-refractivity contribution in [2.24, 2.45) is 0 Å². The second-order valence-corrected chi connectivity index (χ2v) is 5.04. The van der Waals surface area contributed by atoms with Crippen LogP contribution in [0, 0.1) is 0 Å². The molecular weight excluding hydrogens is 224 g/mol. The maximum atomic E-state index is 11.7. The van der Waals surface area contributed by atoms with Crippen LogP contribution in [-0.2, 0) is 4.79 Å². The Kier molecular flexibility index (Phi) is 4.37. The number of hydrogen-bond acceptors (Lipinski definition) is 2. The van der Waals surface area contributed by atoms with E-state index < -0.39 is 0 Å². The molecule has 3 atom stereocenters. The van der Waals surface area contributed by atoms with Gasteiger partial charge in [0, 0.05) is 18.5 Å². The van der Waals surface area contributed by atoms with Crippen molar-refractivity contribution in [1.82, 2.24) is 10.6 Å². The Bertz CT molecular complexity index is 391. The molecule has 0 heterocycles. The molecule has 3 unspecified atom stereocenters. The number of benzene rings is 1. The lowest BCUT2D eigenvalue weighted by molar-refractivity contribution is -0.122. The van der Waals surface area contributed by atoms with Crippen molar-refractivity contribution in [3.05, 3.63) is 35.9 Å². The van der Waals surface area contributed by atoms with E-state index >= 15 is 0 Å². The number of carbonyl (C=O) groups excluding carboxylic acids is 1. The molecule has 1 aliphatic carbocycles. The average Bonchev–Trinajstić information content (AvgIpc) is 3.16. The zero-order valence-corrected chi connectivity index (χ0v) is 11.1. The third kappa shape index (κ3) is 3.33. The molecule has 3 heteroatoms. The summed E-state index contributed by atoms with van der Waals surface area (Å²) in [6, 6.07) is 10.9. The zero-order valence-electron chi connectivity index (χ0n) is 11.1. The maximum Gasteiger partial charge on any atom is 0.236 e. The summed E-state index contributed by atoms with van der Waals surface area (Å²) in [6.45, 7) is 4.76. The minimum Gasteiger partial charge on any atom is -0.355 e. The Morgan fingerprint density at radius 1 is 1.39 bits per heavy atom. The van der Waals surface area contributed by atoms with Crippen LogP contribution in [0.15, 0.2) is 30.3 Å². The fraction of sp³-hybridized carbons (Fsp3) is 0.533. The minimum atomic E-state index is -0.102. The van der Waals surface area contributed by atoms with Crippen LogP contribution >= 0.6 is 0 Å². The molecule has 1 aliphatic rings. The van der Waals surface area contributed by atoms with Crippen molar-refractivity contribution in [1.29, 1.82) is 0 Å². The van der Waals surface area contributed by atoms with Crippen LogP contribution in [0.1, 0.15) is 38.2 Å². The molecule has 0 radical (unpaired) electrons. The molecule has 1 saturated carbocycles. The Labute approximate surface area is 109 Å². The largest absolute Gasteiger partial charge is 0.355 e. The van der Waals surface area contributed by atoms with Crippen LogP contribution < -0.4 is 10.6 Å². The first-order chi connectivity index (χ1) is 8.72. The van der Waals surface area contributed by atoms with E-state index in [-0.39, 0.29) is 11.9 Å². The average molecular weight is 246 g/mol. The van der Waals surface area contributed by atoms with Gasteiger partial charge in [-0.2, -0.15) is 0 Å². The fourth-order valence-electron chi connectivity index (χ4n) is 2.25. The third-order valence-corrected chi connectivity index (χ3v) is 3.42. The molecule has 3 nitrogen and oxygen atoms in total. The zero-order chi connectivity index (χ0) is 13.0. The van der Waals surface area contributed by atoms with Gasteiger partial charge in [0.1, 0.15) is 0 Å². The normalized spacial score (nSPS) is 23.4. The van der Waals surface area contributed by atoms with E-state index in [9.17, 15) is 4.79 Å². The van der Waals surface area contributed by atoms with Crippen LogP contribution in [0.2, 0.25) is 0 Å². The van der Waals surface area contributed by atoms with Gasteiger partial charge in [-0.05, 0) is 25.3 Å². The van der Waals surface area contributed by atoms with Gasteiger partial charge in [0.25, 0.3) is 0 Å². The van der Waals surface area contributed by atoms with Gasteiger partial charge < -0.3 is 10.6 Å². The lowest BCUT2D eigenvalue weighted by Gasteiger charge is -2.13. The van der Waals surface area contributed by atoms with Crippen molar-refractivity contribution in [3.63, 3.8) is 0 Å². The number of hydrogen-bond donors (Lipinski definition) is 2. The summed E-state index contributed by atoms with van der Waals surface area (Å²) >= 11 is 0. The van der Waals surface area contributed by atoms with Gasteiger partial charge in [-0.25, -0.2) is 0 Å². The molecule has 1 amide bonds. The first-order valence-electron chi connectivity index (χ1n) is 6.81. The van der Waals surface area contributed by atoms with Crippen molar-refractivity contribution < 1.29 is 4.79 Å². The van der Waals surface area contributed by atoms with Crippen LogP contribution in [0.25, 0.3) is 0 Å². The summed E-state index contributed by atoms with van der Waals surface area (Å²) in [4.78, 5) is 11.7. The van der Waals surface area contributed by atoms with Crippen molar-refractivity contribution >= 4 is 5.91 Å². The quantitative estimate of drug-likeness (QED) is 0.806. The van der Waals surface area contributed by atoms with E-state index in [1.807, 2.05) is 13.0 Å². The molecule has 2 rings (SSSR count). The SMILES string of the molecule is CCCNC(=O)C(C)NC1CC1c1ccccc1. The highest BCUT2D eigenvalue weighted by Crippen LogP contribution is 2.40. The van der Waals surface area contributed by atoms with Crippen molar-refractivity contribution in [3.8, 4) is 0 Å². The van der Waals surface area contributed by atoms with Gasteiger partial charge in [0.05, 0.1) is 6.04 Å². The first-order valence-corrected chi connectivity index (χ1v) is 6.81. The van der Waals surface area contributed by atoms with E-state index in [0.29, 0.717) is 12.0 Å². The van der Waals surface area contributed by atoms with E-state index in [0.717, 1.165) is 19.4 Å². The van der Waals surface area contributed by atoms with Crippen molar-refractivity contribution in [2.45, 2.75) is 44.7 Å². The molecule has 1 aromatic rings. The van der Waals surface area contributed by atoms with Gasteiger partial charge >= 0.3 is 0 Å². The van der Waals surface area contributed by atoms with Gasteiger partial charge in [-0.1, -0.05) is 37.3 Å². The lowest BCUT2D eigenvalue weighted by Crippen LogP contribution is -2.43. The van der Waals surface area contributed by atoms with E-state index in [1.54, 1.807) is 0 Å². The van der Waals surface area contributed by atoms with Gasteiger partial charge in [-0.15, -0.1) is 0 Å². The molecule has 0 saturated heterocycles. The van der Waals surface area contributed by atoms with Gasteiger partial charge in [0.15, 0.2) is 0 Å². The Morgan fingerprint density at radius 2 is 2.11 bits per heavy atom.